The number of aryl methyl sites for hydroxylation is 1. The van der Waals surface area contributed by atoms with Crippen LogP contribution in [0.4, 0.5) is 11.6 Å². The van der Waals surface area contributed by atoms with Gasteiger partial charge in [0.25, 0.3) is 5.91 Å². The van der Waals surface area contributed by atoms with Gasteiger partial charge >= 0.3 is 0 Å². The third kappa shape index (κ3) is 4.92. The number of nitrogens with one attached hydrogen (secondary N) is 2. The lowest BCUT2D eigenvalue weighted by Crippen LogP contribution is -2.11. The molecule has 160 valence electrons. The van der Waals surface area contributed by atoms with Gasteiger partial charge in [0, 0.05) is 35.2 Å². The van der Waals surface area contributed by atoms with Crippen molar-refractivity contribution in [3.05, 3.63) is 88.7 Å². The number of benzene rings is 2. The summed E-state index contributed by atoms with van der Waals surface area (Å²) in [6, 6.07) is 18.2. The summed E-state index contributed by atoms with van der Waals surface area (Å²) < 4.78 is 6.97. The van der Waals surface area contributed by atoms with Gasteiger partial charge in [-0.25, -0.2) is 15.0 Å². The molecule has 4 rings (SSSR count). The molecule has 0 atom stereocenters. The maximum atomic E-state index is 12.5. The molecule has 0 aliphatic rings. The summed E-state index contributed by atoms with van der Waals surface area (Å²) in [4.78, 5) is 25.5. The molecule has 0 saturated heterocycles. The number of amides is 1. The SMILES string of the molecule is CNc1nccc(-c2cccnc2Oc2ccc(NC(=O)c3cccc(Br)c3)cc2C)n1. The molecule has 2 heterocycles. The fraction of sp³-hybridized carbons (Fsp3) is 0.0833. The predicted octanol–water partition coefficient (Wildman–Crippen LogP) is 5.70. The molecule has 0 bridgehead atoms. The zero-order valence-corrected chi connectivity index (χ0v) is 19.1. The lowest BCUT2D eigenvalue weighted by molar-refractivity contribution is 0.102. The summed E-state index contributed by atoms with van der Waals surface area (Å²) in [5.41, 5.74) is 3.55. The first kappa shape index (κ1) is 21.5. The van der Waals surface area contributed by atoms with Gasteiger partial charge in [-0.1, -0.05) is 22.0 Å². The second-order valence-electron chi connectivity index (χ2n) is 6.92. The van der Waals surface area contributed by atoms with Crippen LogP contribution < -0.4 is 15.4 Å². The smallest absolute Gasteiger partial charge is 0.255 e. The summed E-state index contributed by atoms with van der Waals surface area (Å²) in [5, 5.41) is 5.84. The van der Waals surface area contributed by atoms with Gasteiger partial charge in [0.15, 0.2) is 0 Å². The van der Waals surface area contributed by atoms with Crippen LogP contribution in [0.3, 0.4) is 0 Å². The second kappa shape index (κ2) is 9.57. The van der Waals surface area contributed by atoms with E-state index in [1.165, 1.54) is 0 Å². The van der Waals surface area contributed by atoms with E-state index in [1.54, 1.807) is 43.7 Å². The Hall–Kier alpha value is -3.78. The van der Waals surface area contributed by atoms with E-state index in [4.69, 9.17) is 4.74 Å². The highest BCUT2D eigenvalue weighted by atomic mass is 79.9. The first-order chi connectivity index (χ1) is 15.5. The Morgan fingerprint density at radius 2 is 1.88 bits per heavy atom. The Kier molecular flexibility index (Phi) is 6.42. The largest absolute Gasteiger partial charge is 0.438 e. The van der Waals surface area contributed by atoms with Crippen molar-refractivity contribution in [2.24, 2.45) is 0 Å². The highest BCUT2D eigenvalue weighted by Gasteiger charge is 2.13. The number of anilines is 2. The van der Waals surface area contributed by atoms with Crippen molar-refractivity contribution in [1.82, 2.24) is 15.0 Å². The highest BCUT2D eigenvalue weighted by Crippen LogP contribution is 2.33. The Bertz CT molecular complexity index is 1280. The first-order valence-electron chi connectivity index (χ1n) is 9.85. The molecule has 1 amide bonds. The Morgan fingerprint density at radius 1 is 1.00 bits per heavy atom. The molecule has 0 fully saturated rings. The number of pyridine rings is 1. The number of ether oxygens (including phenoxy) is 1. The van der Waals surface area contributed by atoms with Crippen LogP contribution in [0.15, 0.2) is 77.5 Å². The highest BCUT2D eigenvalue weighted by molar-refractivity contribution is 9.10. The van der Waals surface area contributed by atoms with E-state index >= 15 is 0 Å². The van der Waals surface area contributed by atoms with Gasteiger partial charge in [-0.2, -0.15) is 0 Å². The molecule has 4 aromatic rings. The zero-order valence-electron chi connectivity index (χ0n) is 17.5. The fourth-order valence-corrected chi connectivity index (χ4v) is 3.47. The number of halogens is 1. The molecule has 0 aliphatic heterocycles. The second-order valence-corrected chi connectivity index (χ2v) is 7.83. The number of hydrogen-bond acceptors (Lipinski definition) is 6. The number of carbonyl (C=O) groups is 1. The Morgan fingerprint density at radius 3 is 2.66 bits per heavy atom. The minimum atomic E-state index is -0.185. The van der Waals surface area contributed by atoms with Crippen LogP contribution in [0, 0.1) is 6.92 Å². The van der Waals surface area contributed by atoms with Crippen molar-refractivity contribution in [2.75, 3.05) is 17.7 Å². The topological polar surface area (TPSA) is 89.0 Å². The monoisotopic (exact) mass is 489 g/mol. The molecular formula is C24H20BrN5O2. The Labute approximate surface area is 194 Å². The maximum absolute atomic E-state index is 12.5. The third-order valence-electron chi connectivity index (χ3n) is 4.65. The molecule has 2 aromatic carbocycles. The van der Waals surface area contributed by atoms with Gasteiger partial charge in [0.05, 0.1) is 11.3 Å². The molecule has 7 nitrogen and oxygen atoms in total. The number of rotatable bonds is 6. The van der Waals surface area contributed by atoms with Crippen molar-refractivity contribution in [2.45, 2.75) is 6.92 Å². The van der Waals surface area contributed by atoms with Crippen LogP contribution in [0.25, 0.3) is 11.3 Å². The van der Waals surface area contributed by atoms with E-state index in [0.717, 1.165) is 15.6 Å². The molecule has 32 heavy (non-hydrogen) atoms. The maximum Gasteiger partial charge on any atom is 0.255 e. The number of aromatic nitrogens is 3. The van der Waals surface area contributed by atoms with E-state index in [0.29, 0.717) is 34.5 Å². The van der Waals surface area contributed by atoms with Gasteiger partial charge in [0.1, 0.15) is 5.75 Å². The van der Waals surface area contributed by atoms with Gasteiger partial charge < -0.3 is 15.4 Å². The zero-order chi connectivity index (χ0) is 22.5. The molecule has 2 aromatic heterocycles. The van der Waals surface area contributed by atoms with E-state index in [9.17, 15) is 4.79 Å². The van der Waals surface area contributed by atoms with E-state index in [1.807, 2.05) is 43.3 Å². The van der Waals surface area contributed by atoms with Crippen LogP contribution in [0.5, 0.6) is 11.6 Å². The van der Waals surface area contributed by atoms with Crippen LogP contribution in [-0.2, 0) is 0 Å². The minimum Gasteiger partial charge on any atom is -0.438 e. The summed E-state index contributed by atoms with van der Waals surface area (Å²) in [6.45, 7) is 1.91. The summed E-state index contributed by atoms with van der Waals surface area (Å²) in [6.07, 6.45) is 3.35. The molecule has 0 radical (unpaired) electrons. The van der Waals surface area contributed by atoms with Crippen molar-refractivity contribution < 1.29 is 9.53 Å². The molecule has 8 heteroatoms. The first-order valence-corrected chi connectivity index (χ1v) is 10.6. The van der Waals surface area contributed by atoms with E-state index < -0.39 is 0 Å². The lowest BCUT2D eigenvalue weighted by Gasteiger charge is -2.13. The van der Waals surface area contributed by atoms with Crippen molar-refractivity contribution in [3.63, 3.8) is 0 Å². The Balaban J connectivity index is 1.55. The van der Waals surface area contributed by atoms with Gasteiger partial charge in [-0.15, -0.1) is 0 Å². The molecule has 0 saturated carbocycles. The third-order valence-corrected chi connectivity index (χ3v) is 5.15. The van der Waals surface area contributed by atoms with Crippen LogP contribution in [0.2, 0.25) is 0 Å². The van der Waals surface area contributed by atoms with Crippen LogP contribution in [0.1, 0.15) is 15.9 Å². The fourth-order valence-electron chi connectivity index (χ4n) is 3.08. The number of carbonyl (C=O) groups excluding carboxylic acids is 1. The average Bonchev–Trinajstić information content (AvgIpc) is 2.81. The average molecular weight is 490 g/mol. The van der Waals surface area contributed by atoms with E-state index in [-0.39, 0.29) is 5.91 Å². The molecular weight excluding hydrogens is 470 g/mol. The molecule has 0 spiro atoms. The summed E-state index contributed by atoms with van der Waals surface area (Å²) >= 11 is 3.39. The van der Waals surface area contributed by atoms with Crippen LogP contribution >= 0.6 is 15.9 Å². The van der Waals surface area contributed by atoms with Crippen molar-refractivity contribution in [3.8, 4) is 22.9 Å². The normalized spacial score (nSPS) is 10.5. The standard InChI is InChI=1S/C24H20BrN5O2/c1-15-13-18(29-22(31)16-5-3-6-17(25)14-16)8-9-21(15)32-23-19(7-4-11-27-23)20-10-12-28-24(26-2)30-20/h3-14H,1-2H3,(H,29,31)(H,26,28,30). The molecule has 0 aliphatic carbocycles. The minimum absolute atomic E-state index is 0.185. The molecule has 0 unspecified atom stereocenters. The number of hydrogen-bond donors (Lipinski definition) is 2. The van der Waals surface area contributed by atoms with Crippen molar-refractivity contribution in [1.29, 1.82) is 0 Å². The summed E-state index contributed by atoms with van der Waals surface area (Å²) in [7, 11) is 1.76. The number of nitrogens with zero attached hydrogens (tertiary/aromatic N) is 3. The molecule has 2 N–H and O–H groups in total. The van der Waals surface area contributed by atoms with E-state index in [2.05, 4.69) is 41.5 Å². The quantitative estimate of drug-likeness (QED) is 0.361. The van der Waals surface area contributed by atoms with Gasteiger partial charge in [0.2, 0.25) is 11.8 Å². The van der Waals surface area contributed by atoms with Crippen molar-refractivity contribution >= 4 is 33.5 Å². The lowest BCUT2D eigenvalue weighted by atomic mass is 10.1. The summed E-state index contributed by atoms with van der Waals surface area (Å²) in [5.74, 6) is 1.39. The van der Waals surface area contributed by atoms with Crippen LogP contribution in [-0.4, -0.2) is 27.9 Å². The van der Waals surface area contributed by atoms with Gasteiger partial charge in [-0.3, -0.25) is 4.79 Å². The predicted molar refractivity (Wildman–Crippen MR) is 128 cm³/mol. The van der Waals surface area contributed by atoms with Gasteiger partial charge in [-0.05, 0) is 67.1 Å².